The van der Waals surface area contributed by atoms with Crippen LogP contribution in [0.5, 0.6) is 0 Å². The van der Waals surface area contributed by atoms with E-state index in [2.05, 4.69) is 6.58 Å². The van der Waals surface area contributed by atoms with Crippen molar-refractivity contribution in [3.63, 3.8) is 0 Å². The lowest BCUT2D eigenvalue weighted by Crippen LogP contribution is -2.05. The van der Waals surface area contributed by atoms with E-state index < -0.39 is 0 Å². The van der Waals surface area contributed by atoms with Crippen molar-refractivity contribution in [3.05, 3.63) is 35.9 Å². The molecule has 2 N–H and O–H groups in total. The third kappa shape index (κ3) is 2.13. The molecule has 0 aliphatic carbocycles. The predicted octanol–water partition coefficient (Wildman–Crippen LogP) is 2.09. The quantitative estimate of drug-likeness (QED) is 0.588. The van der Waals surface area contributed by atoms with E-state index in [9.17, 15) is 4.79 Å². The standard InChI is InChI=1S/C11H13NO2/c1-3-8-7-9(5-6-10(8)12)11(13)14-4-2/h3,5-7H,1,4,12H2,2H3. The summed E-state index contributed by atoms with van der Waals surface area (Å²) in [5.41, 5.74) is 7.50. The number of rotatable bonds is 3. The first-order valence-corrected chi connectivity index (χ1v) is 4.38. The molecular formula is C11H13NO2. The number of anilines is 1. The van der Waals surface area contributed by atoms with Crippen LogP contribution in [0.3, 0.4) is 0 Å². The minimum absolute atomic E-state index is 0.337. The van der Waals surface area contributed by atoms with Crippen molar-refractivity contribution in [2.45, 2.75) is 6.92 Å². The van der Waals surface area contributed by atoms with Crippen LogP contribution in [0.25, 0.3) is 6.08 Å². The second kappa shape index (κ2) is 4.46. The van der Waals surface area contributed by atoms with Crippen LogP contribution in [0, 0.1) is 0 Å². The first kappa shape index (κ1) is 10.3. The molecular weight excluding hydrogens is 178 g/mol. The van der Waals surface area contributed by atoms with Crippen molar-refractivity contribution in [1.29, 1.82) is 0 Å². The number of hydrogen-bond acceptors (Lipinski definition) is 3. The topological polar surface area (TPSA) is 52.3 Å². The molecule has 0 amide bonds. The average molecular weight is 191 g/mol. The zero-order valence-corrected chi connectivity index (χ0v) is 8.12. The number of nitrogen functional groups attached to an aromatic ring is 1. The molecule has 0 aliphatic rings. The number of ether oxygens (including phenoxy) is 1. The molecule has 3 nitrogen and oxygen atoms in total. The summed E-state index contributed by atoms with van der Waals surface area (Å²) in [7, 11) is 0. The molecule has 1 rings (SSSR count). The van der Waals surface area contributed by atoms with E-state index >= 15 is 0 Å². The Labute approximate surface area is 83.2 Å². The fraction of sp³-hybridized carbons (Fsp3) is 0.182. The molecule has 0 spiro atoms. The van der Waals surface area contributed by atoms with Gasteiger partial charge < -0.3 is 10.5 Å². The maximum atomic E-state index is 11.3. The van der Waals surface area contributed by atoms with Gasteiger partial charge in [-0.15, -0.1) is 0 Å². The lowest BCUT2D eigenvalue weighted by molar-refractivity contribution is 0.0526. The van der Waals surface area contributed by atoms with Crippen molar-refractivity contribution in [2.75, 3.05) is 12.3 Å². The molecule has 0 saturated carbocycles. The van der Waals surface area contributed by atoms with Gasteiger partial charge in [0, 0.05) is 5.69 Å². The van der Waals surface area contributed by atoms with Gasteiger partial charge >= 0.3 is 5.97 Å². The van der Waals surface area contributed by atoms with Crippen molar-refractivity contribution >= 4 is 17.7 Å². The van der Waals surface area contributed by atoms with Crippen LogP contribution in [0.15, 0.2) is 24.8 Å². The molecule has 0 unspecified atom stereocenters. The van der Waals surface area contributed by atoms with Crippen LogP contribution in [0.2, 0.25) is 0 Å². The Hall–Kier alpha value is -1.77. The molecule has 3 heteroatoms. The number of benzene rings is 1. The zero-order chi connectivity index (χ0) is 10.6. The lowest BCUT2D eigenvalue weighted by atomic mass is 10.1. The molecule has 0 atom stereocenters. The van der Waals surface area contributed by atoms with Crippen LogP contribution < -0.4 is 5.73 Å². The fourth-order valence-corrected chi connectivity index (χ4v) is 1.09. The Bertz CT molecular complexity index is 358. The summed E-state index contributed by atoms with van der Waals surface area (Å²) in [6.45, 7) is 5.74. The smallest absolute Gasteiger partial charge is 0.338 e. The highest BCUT2D eigenvalue weighted by Crippen LogP contribution is 2.15. The van der Waals surface area contributed by atoms with Crippen molar-refractivity contribution < 1.29 is 9.53 Å². The Morgan fingerprint density at radius 2 is 2.36 bits per heavy atom. The maximum absolute atomic E-state index is 11.3. The molecule has 74 valence electrons. The number of nitrogens with two attached hydrogens (primary N) is 1. The van der Waals surface area contributed by atoms with Crippen LogP contribution >= 0.6 is 0 Å². The molecule has 0 aromatic heterocycles. The average Bonchev–Trinajstić information content (AvgIpc) is 2.19. The highest BCUT2D eigenvalue weighted by Gasteiger charge is 2.07. The zero-order valence-electron chi connectivity index (χ0n) is 8.12. The predicted molar refractivity (Wildman–Crippen MR) is 56.9 cm³/mol. The summed E-state index contributed by atoms with van der Waals surface area (Å²) in [6.07, 6.45) is 1.61. The van der Waals surface area contributed by atoms with E-state index in [0.29, 0.717) is 17.9 Å². The largest absolute Gasteiger partial charge is 0.462 e. The molecule has 0 saturated heterocycles. The molecule has 0 bridgehead atoms. The van der Waals surface area contributed by atoms with Crippen LogP contribution in [-0.2, 0) is 4.74 Å². The summed E-state index contributed by atoms with van der Waals surface area (Å²) in [4.78, 5) is 11.3. The first-order chi connectivity index (χ1) is 6.69. The highest BCUT2D eigenvalue weighted by molar-refractivity contribution is 5.91. The van der Waals surface area contributed by atoms with Gasteiger partial charge in [0.05, 0.1) is 12.2 Å². The molecule has 14 heavy (non-hydrogen) atoms. The van der Waals surface area contributed by atoms with Gasteiger partial charge in [-0.25, -0.2) is 4.79 Å². The monoisotopic (exact) mass is 191 g/mol. The summed E-state index contributed by atoms with van der Waals surface area (Å²) >= 11 is 0. The minimum Gasteiger partial charge on any atom is -0.462 e. The summed E-state index contributed by atoms with van der Waals surface area (Å²) in [6, 6.07) is 4.98. The summed E-state index contributed by atoms with van der Waals surface area (Å²) in [5, 5.41) is 0. The van der Waals surface area contributed by atoms with Crippen molar-refractivity contribution in [1.82, 2.24) is 0 Å². The van der Waals surface area contributed by atoms with Gasteiger partial charge in [0.15, 0.2) is 0 Å². The number of carbonyl (C=O) groups excluding carboxylic acids is 1. The Morgan fingerprint density at radius 3 is 2.93 bits per heavy atom. The van der Waals surface area contributed by atoms with Gasteiger partial charge in [0.25, 0.3) is 0 Å². The van der Waals surface area contributed by atoms with Gasteiger partial charge in [-0.1, -0.05) is 12.7 Å². The molecule has 0 fully saturated rings. The van der Waals surface area contributed by atoms with Crippen LogP contribution in [0.4, 0.5) is 5.69 Å². The van der Waals surface area contributed by atoms with Crippen molar-refractivity contribution in [3.8, 4) is 0 Å². The van der Waals surface area contributed by atoms with Gasteiger partial charge in [0.1, 0.15) is 0 Å². The van der Waals surface area contributed by atoms with E-state index in [1.54, 1.807) is 31.2 Å². The molecule has 1 aromatic carbocycles. The third-order valence-electron chi connectivity index (χ3n) is 1.82. The Kier molecular flexibility index (Phi) is 3.29. The Balaban J connectivity index is 3.00. The fourth-order valence-electron chi connectivity index (χ4n) is 1.09. The summed E-state index contributed by atoms with van der Waals surface area (Å²) in [5.74, 6) is -0.337. The number of carbonyl (C=O) groups is 1. The minimum atomic E-state index is -0.337. The van der Waals surface area contributed by atoms with Gasteiger partial charge in [-0.05, 0) is 30.7 Å². The van der Waals surface area contributed by atoms with E-state index in [1.807, 2.05) is 0 Å². The number of hydrogen-bond donors (Lipinski definition) is 1. The SMILES string of the molecule is C=Cc1cc(C(=O)OCC)ccc1N. The van der Waals surface area contributed by atoms with Crippen LogP contribution in [-0.4, -0.2) is 12.6 Å². The normalized spacial score (nSPS) is 9.50. The first-order valence-electron chi connectivity index (χ1n) is 4.38. The summed E-state index contributed by atoms with van der Waals surface area (Å²) < 4.78 is 4.85. The highest BCUT2D eigenvalue weighted by atomic mass is 16.5. The van der Waals surface area contributed by atoms with E-state index in [4.69, 9.17) is 10.5 Å². The van der Waals surface area contributed by atoms with E-state index in [1.165, 1.54) is 0 Å². The van der Waals surface area contributed by atoms with E-state index in [0.717, 1.165) is 5.56 Å². The molecule has 0 radical (unpaired) electrons. The van der Waals surface area contributed by atoms with Gasteiger partial charge in [-0.3, -0.25) is 0 Å². The maximum Gasteiger partial charge on any atom is 0.338 e. The molecule has 1 aromatic rings. The molecule has 0 heterocycles. The van der Waals surface area contributed by atoms with E-state index in [-0.39, 0.29) is 5.97 Å². The van der Waals surface area contributed by atoms with Gasteiger partial charge in [0.2, 0.25) is 0 Å². The Morgan fingerprint density at radius 1 is 1.64 bits per heavy atom. The van der Waals surface area contributed by atoms with Crippen LogP contribution in [0.1, 0.15) is 22.8 Å². The molecule has 0 aliphatic heterocycles. The second-order valence-electron chi connectivity index (χ2n) is 2.77. The third-order valence-corrected chi connectivity index (χ3v) is 1.82. The number of esters is 1. The second-order valence-corrected chi connectivity index (χ2v) is 2.77. The van der Waals surface area contributed by atoms with Crippen molar-refractivity contribution in [2.24, 2.45) is 0 Å². The lowest BCUT2D eigenvalue weighted by Gasteiger charge is -2.04. The van der Waals surface area contributed by atoms with Gasteiger partial charge in [-0.2, -0.15) is 0 Å².